The molecule has 0 fully saturated rings. The molecule has 0 heterocycles. The zero-order valence-electron chi connectivity index (χ0n) is 14.4. The van der Waals surface area contributed by atoms with E-state index in [-0.39, 0.29) is 5.91 Å². The Morgan fingerprint density at radius 3 is 2.08 bits per heavy atom. The number of amides is 1. The van der Waals surface area contributed by atoms with E-state index in [4.69, 9.17) is 5.73 Å². The molecule has 0 aliphatic carbocycles. The zero-order chi connectivity index (χ0) is 17.0. The van der Waals surface area contributed by atoms with Gasteiger partial charge in [0.05, 0.1) is 0 Å². The molecule has 0 saturated heterocycles. The van der Waals surface area contributed by atoms with Gasteiger partial charge in [-0.25, -0.2) is 0 Å². The highest BCUT2D eigenvalue weighted by Gasteiger charge is 2.13. The summed E-state index contributed by atoms with van der Waals surface area (Å²) in [6, 6.07) is 20.6. The van der Waals surface area contributed by atoms with Crippen LogP contribution in [0.2, 0.25) is 0 Å². The lowest BCUT2D eigenvalue weighted by Crippen LogP contribution is -2.32. The van der Waals surface area contributed by atoms with Crippen LogP contribution >= 0.6 is 0 Å². The molecule has 0 aromatic heterocycles. The van der Waals surface area contributed by atoms with E-state index in [1.807, 2.05) is 41.3 Å². The van der Waals surface area contributed by atoms with E-state index in [1.54, 1.807) is 0 Å². The molecule has 128 valence electrons. The molecular formula is C21H28N2O. The number of hydrogen-bond acceptors (Lipinski definition) is 2. The van der Waals surface area contributed by atoms with Gasteiger partial charge in [0.1, 0.15) is 0 Å². The maximum absolute atomic E-state index is 12.6. The number of carbonyl (C=O) groups excluding carboxylic acids is 1. The minimum absolute atomic E-state index is 0.242. The number of carbonyl (C=O) groups is 1. The monoisotopic (exact) mass is 324 g/mol. The molecule has 0 spiro atoms. The third kappa shape index (κ3) is 6.55. The molecule has 2 aromatic carbocycles. The van der Waals surface area contributed by atoms with Crippen LogP contribution in [0.5, 0.6) is 0 Å². The lowest BCUT2D eigenvalue weighted by Gasteiger charge is -2.23. The molecule has 2 aromatic rings. The second kappa shape index (κ2) is 10.6. The van der Waals surface area contributed by atoms with Gasteiger partial charge in [-0.05, 0) is 36.9 Å². The minimum atomic E-state index is 0.242. The topological polar surface area (TPSA) is 46.3 Å². The molecule has 24 heavy (non-hydrogen) atoms. The molecule has 0 atom stereocenters. The van der Waals surface area contributed by atoms with Crippen LogP contribution in [0.1, 0.15) is 36.8 Å². The second-order valence-electron chi connectivity index (χ2n) is 6.14. The number of unbranched alkanes of at least 4 members (excludes halogenated alkanes) is 2. The highest BCUT2D eigenvalue weighted by molar-refractivity contribution is 5.76. The maximum Gasteiger partial charge on any atom is 0.222 e. The molecule has 1 amide bonds. The van der Waals surface area contributed by atoms with Crippen LogP contribution in [-0.2, 0) is 17.8 Å². The number of benzene rings is 2. The first kappa shape index (κ1) is 18.2. The van der Waals surface area contributed by atoms with E-state index in [0.29, 0.717) is 19.5 Å². The summed E-state index contributed by atoms with van der Waals surface area (Å²) in [5.41, 5.74) is 7.98. The Labute approximate surface area is 145 Å². The van der Waals surface area contributed by atoms with Crippen molar-refractivity contribution in [3.05, 3.63) is 71.8 Å². The summed E-state index contributed by atoms with van der Waals surface area (Å²) in [6.07, 6.45) is 4.45. The molecule has 0 saturated carbocycles. The number of nitrogens with two attached hydrogens (primary N) is 1. The molecule has 3 heteroatoms. The molecular weight excluding hydrogens is 296 g/mol. The SMILES string of the molecule is NCCCCCC(=O)N(CCc1ccccc1)Cc1ccccc1. The van der Waals surface area contributed by atoms with E-state index in [1.165, 1.54) is 11.1 Å². The van der Waals surface area contributed by atoms with Crippen LogP contribution in [0, 0.1) is 0 Å². The van der Waals surface area contributed by atoms with Crippen LogP contribution in [0.3, 0.4) is 0 Å². The van der Waals surface area contributed by atoms with Crippen molar-refractivity contribution in [3.63, 3.8) is 0 Å². The van der Waals surface area contributed by atoms with Crippen molar-refractivity contribution < 1.29 is 4.79 Å². The zero-order valence-corrected chi connectivity index (χ0v) is 14.4. The molecule has 0 aliphatic heterocycles. The van der Waals surface area contributed by atoms with Gasteiger partial charge in [0.15, 0.2) is 0 Å². The summed E-state index contributed by atoms with van der Waals surface area (Å²) in [7, 11) is 0. The molecule has 0 radical (unpaired) electrons. The van der Waals surface area contributed by atoms with Crippen molar-refractivity contribution in [2.45, 2.75) is 38.6 Å². The number of hydrogen-bond donors (Lipinski definition) is 1. The Morgan fingerprint density at radius 2 is 1.46 bits per heavy atom. The van der Waals surface area contributed by atoms with E-state index in [2.05, 4.69) is 24.3 Å². The normalized spacial score (nSPS) is 10.5. The Balaban J connectivity index is 1.93. The highest BCUT2D eigenvalue weighted by atomic mass is 16.2. The molecule has 0 bridgehead atoms. The Kier molecular flexibility index (Phi) is 8.05. The van der Waals surface area contributed by atoms with Crippen molar-refractivity contribution in [1.29, 1.82) is 0 Å². The average Bonchev–Trinajstić information content (AvgIpc) is 2.64. The standard InChI is InChI=1S/C21H28N2O/c22-16-9-3-8-14-21(24)23(18-20-12-6-2-7-13-20)17-15-19-10-4-1-5-11-19/h1-2,4-7,10-13H,3,8-9,14-18,22H2. The Morgan fingerprint density at radius 1 is 0.833 bits per heavy atom. The van der Waals surface area contributed by atoms with Crippen LogP contribution in [-0.4, -0.2) is 23.9 Å². The molecule has 3 nitrogen and oxygen atoms in total. The third-order valence-corrected chi connectivity index (χ3v) is 4.18. The fourth-order valence-corrected chi connectivity index (χ4v) is 2.76. The fraction of sp³-hybridized carbons (Fsp3) is 0.381. The van der Waals surface area contributed by atoms with Crippen LogP contribution in [0.25, 0.3) is 0 Å². The summed E-state index contributed by atoms with van der Waals surface area (Å²) >= 11 is 0. The van der Waals surface area contributed by atoms with Crippen molar-refractivity contribution in [1.82, 2.24) is 4.90 Å². The van der Waals surface area contributed by atoms with Gasteiger partial charge < -0.3 is 10.6 Å². The Bertz CT molecular complexity index is 583. The molecule has 2 N–H and O–H groups in total. The van der Waals surface area contributed by atoms with Gasteiger partial charge in [0.2, 0.25) is 5.91 Å². The lowest BCUT2D eigenvalue weighted by molar-refractivity contribution is -0.131. The molecule has 2 rings (SSSR count). The van der Waals surface area contributed by atoms with Crippen molar-refractivity contribution >= 4 is 5.91 Å². The maximum atomic E-state index is 12.6. The quantitative estimate of drug-likeness (QED) is 0.676. The van der Waals surface area contributed by atoms with Gasteiger partial charge in [0.25, 0.3) is 0 Å². The largest absolute Gasteiger partial charge is 0.338 e. The molecule has 0 unspecified atom stereocenters. The second-order valence-corrected chi connectivity index (χ2v) is 6.14. The number of rotatable bonds is 10. The van der Waals surface area contributed by atoms with Crippen LogP contribution in [0.4, 0.5) is 0 Å². The van der Waals surface area contributed by atoms with Gasteiger partial charge in [-0.2, -0.15) is 0 Å². The van der Waals surface area contributed by atoms with Gasteiger partial charge in [0, 0.05) is 19.5 Å². The predicted octanol–water partition coefficient (Wildman–Crippen LogP) is 3.78. The summed E-state index contributed by atoms with van der Waals surface area (Å²) < 4.78 is 0. The highest BCUT2D eigenvalue weighted by Crippen LogP contribution is 2.11. The van der Waals surface area contributed by atoms with Crippen molar-refractivity contribution in [2.75, 3.05) is 13.1 Å². The summed E-state index contributed by atoms with van der Waals surface area (Å²) in [5, 5.41) is 0. The van der Waals surface area contributed by atoms with Gasteiger partial charge in [-0.15, -0.1) is 0 Å². The van der Waals surface area contributed by atoms with Crippen molar-refractivity contribution in [3.8, 4) is 0 Å². The first-order valence-corrected chi connectivity index (χ1v) is 8.85. The van der Waals surface area contributed by atoms with Gasteiger partial charge in [-0.1, -0.05) is 67.1 Å². The van der Waals surface area contributed by atoms with Gasteiger partial charge >= 0.3 is 0 Å². The molecule has 0 aliphatic rings. The smallest absolute Gasteiger partial charge is 0.222 e. The first-order valence-electron chi connectivity index (χ1n) is 8.85. The third-order valence-electron chi connectivity index (χ3n) is 4.18. The number of nitrogens with zero attached hydrogens (tertiary/aromatic N) is 1. The predicted molar refractivity (Wildman–Crippen MR) is 99.5 cm³/mol. The minimum Gasteiger partial charge on any atom is -0.338 e. The first-order chi connectivity index (χ1) is 11.8. The van der Waals surface area contributed by atoms with Crippen molar-refractivity contribution in [2.24, 2.45) is 5.73 Å². The average molecular weight is 324 g/mol. The lowest BCUT2D eigenvalue weighted by atomic mass is 10.1. The summed E-state index contributed by atoms with van der Waals surface area (Å²) in [5.74, 6) is 0.242. The van der Waals surface area contributed by atoms with E-state index >= 15 is 0 Å². The van der Waals surface area contributed by atoms with E-state index in [9.17, 15) is 4.79 Å². The fourth-order valence-electron chi connectivity index (χ4n) is 2.76. The van der Waals surface area contributed by atoms with E-state index < -0.39 is 0 Å². The summed E-state index contributed by atoms with van der Waals surface area (Å²) in [6.45, 7) is 2.15. The van der Waals surface area contributed by atoms with Gasteiger partial charge in [-0.3, -0.25) is 4.79 Å². The summed E-state index contributed by atoms with van der Waals surface area (Å²) in [4.78, 5) is 14.6. The van der Waals surface area contributed by atoms with Crippen LogP contribution in [0.15, 0.2) is 60.7 Å². The van der Waals surface area contributed by atoms with E-state index in [0.717, 1.165) is 32.2 Å². The Hall–Kier alpha value is -2.13. The van der Waals surface area contributed by atoms with Crippen LogP contribution < -0.4 is 5.73 Å².